The molecule has 76 valence electrons. The Labute approximate surface area is 81.5 Å². The second kappa shape index (κ2) is 2.71. The van der Waals surface area contributed by atoms with Gasteiger partial charge in [-0.15, -0.1) is 0 Å². The molecule has 1 spiro atoms. The molecule has 0 amide bonds. The van der Waals surface area contributed by atoms with E-state index in [-0.39, 0.29) is 0 Å². The van der Waals surface area contributed by atoms with Crippen LogP contribution in [-0.2, 0) is 0 Å². The number of nitrogens with two attached hydrogens (primary N) is 1. The molecule has 1 aliphatic heterocycles. The van der Waals surface area contributed by atoms with Gasteiger partial charge >= 0.3 is 0 Å². The van der Waals surface area contributed by atoms with Crippen LogP contribution in [0.15, 0.2) is 0 Å². The highest BCUT2D eigenvalue weighted by molar-refractivity contribution is 5.08. The Balaban J connectivity index is 1.91. The molecule has 2 N–H and O–H groups in total. The van der Waals surface area contributed by atoms with Crippen LogP contribution < -0.4 is 5.73 Å². The molecule has 1 saturated carbocycles. The lowest BCUT2D eigenvalue weighted by Crippen LogP contribution is -2.33. The molecule has 2 heteroatoms. The molecule has 0 aromatic heterocycles. The van der Waals surface area contributed by atoms with Crippen molar-refractivity contribution in [2.24, 2.45) is 16.6 Å². The zero-order valence-corrected chi connectivity index (χ0v) is 9.14. The van der Waals surface area contributed by atoms with E-state index in [1.165, 1.54) is 25.9 Å². The molecule has 0 bridgehead atoms. The minimum Gasteiger partial charge on any atom is -0.326 e. The van der Waals surface area contributed by atoms with Crippen molar-refractivity contribution in [2.75, 3.05) is 19.6 Å². The molecule has 2 rings (SSSR count). The van der Waals surface area contributed by atoms with E-state index in [0.717, 1.165) is 6.54 Å². The Morgan fingerprint density at radius 3 is 2.38 bits per heavy atom. The fourth-order valence-corrected chi connectivity index (χ4v) is 2.58. The number of hydrogen-bond donors (Lipinski definition) is 1. The minimum atomic E-state index is 0.417. The normalized spacial score (nSPS) is 32.8. The van der Waals surface area contributed by atoms with Crippen molar-refractivity contribution in [1.82, 2.24) is 4.90 Å². The molecular formula is C11H22N2. The highest BCUT2D eigenvalue weighted by atomic mass is 15.2. The second-order valence-corrected chi connectivity index (χ2v) is 6.20. The highest BCUT2D eigenvalue weighted by Crippen LogP contribution is 2.52. The summed E-state index contributed by atoms with van der Waals surface area (Å²) >= 11 is 0. The lowest BCUT2D eigenvalue weighted by molar-refractivity contribution is 0.218. The maximum absolute atomic E-state index is 6.14. The van der Waals surface area contributed by atoms with Crippen molar-refractivity contribution in [1.29, 1.82) is 0 Å². The van der Waals surface area contributed by atoms with Gasteiger partial charge in [0.25, 0.3) is 0 Å². The molecule has 1 heterocycles. The SMILES string of the molecule is CC(C)(C)CN1C[C@@H](N)C2(CC2)C1. The number of hydrogen-bond acceptors (Lipinski definition) is 2. The van der Waals surface area contributed by atoms with E-state index in [0.29, 0.717) is 16.9 Å². The predicted molar refractivity (Wildman–Crippen MR) is 55.5 cm³/mol. The summed E-state index contributed by atoms with van der Waals surface area (Å²) in [6.07, 6.45) is 2.74. The molecule has 1 atom stereocenters. The third-order valence-electron chi connectivity index (χ3n) is 3.37. The number of rotatable bonds is 1. The van der Waals surface area contributed by atoms with E-state index in [1.807, 2.05) is 0 Å². The van der Waals surface area contributed by atoms with Crippen LogP contribution in [0.3, 0.4) is 0 Å². The lowest BCUT2D eigenvalue weighted by atomic mass is 9.96. The van der Waals surface area contributed by atoms with Crippen molar-refractivity contribution in [3.05, 3.63) is 0 Å². The first kappa shape index (κ1) is 9.47. The zero-order valence-electron chi connectivity index (χ0n) is 9.14. The summed E-state index contributed by atoms with van der Waals surface area (Å²) in [5, 5.41) is 0. The third-order valence-corrected chi connectivity index (χ3v) is 3.37. The van der Waals surface area contributed by atoms with E-state index in [2.05, 4.69) is 25.7 Å². The van der Waals surface area contributed by atoms with Gasteiger partial charge < -0.3 is 10.6 Å². The third kappa shape index (κ3) is 1.89. The monoisotopic (exact) mass is 182 g/mol. The number of likely N-dealkylation sites (tertiary alicyclic amines) is 1. The predicted octanol–water partition coefficient (Wildman–Crippen LogP) is 1.46. The Morgan fingerprint density at radius 1 is 1.38 bits per heavy atom. The van der Waals surface area contributed by atoms with Gasteiger partial charge in [-0.3, -0.25) is 0 Å². The topological polar surface area (TPSA) is 29.3 Å². The summed E-state index contributed by atoms with van der Waals surface area (Å²) in [6.45, 7) is 10.5. The van der Waals surface area contributed by atoms with E-state index in [4.69, 9.17) is 5.73 Å². The average Bonchev–Trinajstić information content (AvgIpc) is 2.58. The first-order chi connectivity index (χ1) is 5.91. The van der Waals surface area contributed by atoms with Crippen molar-refractivity contribution in [2.45, 2.75) is 39.7 Å². The average molecular weight is 182 g/mol. The van der Waals surface area contributed by atoms with E-state index < -0.39 is 0 Å². The molecule has 0 unspecified atom stereocenters. The summed E-state index contributed by atoms with van der Waals surface area (Å²) in [5.41, 5.74) is 7.11. The molecule has 2 aliphatic rings. The molecule has 2 fully saturated rings. The first-order valence-corrected chi connectivity index (χ1v) is 5.39. The Morgan fingerprint density at radius 2 is 2.00 bits per heavy atom. The zero-order chi connectivity index (χ0) is 9.69. The summed E-state index contributed by atoms with van der Waals surface area (Å²) in [6, 6.07) is 0.454. The van der Waals surface area contributed by atoms with Gasteiger partial charge in [-0.1, -0.05) is 20.8 Å². The summed E-state index contributed by atoms with van der Waals surface area (Å²) in [5.74, 6) is 0. The maximum Gasteiger partial charge on any atom is 0.0237 e. The Kier molecular flexibility index (Phi) is 1.97. The molecule has 13 heavy (non-hydrogen) atoms. The lowest BCUT2D eigenvalue weighted by Gasteiger charge is -2.26. The van der Waals surface area contributed by atoms with E-state index >= 15 is 0 Å². The summed E-state index contributed by atoms with van der Waals surface area (Å²) < 4.78 is 0. The molecule has 0 aromatic rings. The molecular weight excluding hydrogens is 160 g/mol. The Bertz CT molecular complexity index is 199. The molecule has 1 saturated heterocycles. The van der Waals surface area contributed by atoms with Gasteiger partial charge in [-0.25, -0.2) is 0 Å². The molecule has 2 nitrogen and oxygen atoms in total. The first-order valence-electron chi connectivity index (χ1n) is 5.39. The second-order valence-electron chi connectivity index (χ2n) is 6.20. The number of nitrogens with zero attached hydrogens (tertiary/aromatic N) is 1. The van der Waals surface area contributed by atoms with Crippen LogP contribution >= 0.6 is 0 Å². The van der Waals surface area contributed by atoms with Crippen molar-refractivity contribution < 1.29 is 0 Å². The van der Waals surface area contributed by atoms with Crippen LogP contribution in [0.1, 0.15) is 33.6 Å². The summed E-state index contributed by atoms with van der Waals surface area (Å²) in [7, 11) is 0. The van der Waals surface area contributed by atoms with Crippen LogP contribution in [0.2, 0.25) is 0 Å². The van der Waals surface area contributed by atoms with Crippen molar-refractivity contribution >= 4 is 0 Å². The molecule has 0 radical (unpaired) electrons. The van der Waals surface area contributed by atoms with Crippen LogP contribution in [0.4, 0.5) is 0 Å². The van der Waals surface area contributed by atoms with Crippen LogP contribution in [0, 0.1) is 10.8 Å². The maximum atomic E-state index is 6.14. The fourth-order valence-electron chi connectivity index (χ4n) is 2.58. The van der Waals surface area contributed by atoms with Gasteiger partial charge in [0.05, 0.1) is 0 Å². The van der Waals surface area contributed by atoms with E-state index in [1.54, 1.807) is 0 Å². The van der Waals surface area contributed by atoms with E-state index in [9.17, 15) is 0 Å². The van der Waals surface area contributed by atoms with Gasteiger partial charge in [0, 0.05) is 25.7 Å². The van der Waals surface area contributed by atoms with Crippen LogP contribution in [-0.4, -0.2) is 30.6 Å². The van der Waals surface area contributed by atoms with Gasteiger partial charge in [0.2, 0.25) is 0 Å². The van der Waals surface area contributed by atoms with Crippen LogP contribution in [0.25, 0.3) is 0 Å². The quantitative estimate of drug-likeness (QED) is 0.665. The van der Waals surface area contributed by atoms with Gasteiger partial charge in [-0.2, -0.15) is 0 Å². The van der Waals surface area contributed by atoms with Gasteiger partial charge in [-0.05, 0) is 23.7 Å². The standard InChI is InChI=1S/C11H22N2/c1-10(2,3)7-13-6-9(12)11(8-13)4-5-11/h9H,4-8,12H2,1-3H3/t9-/m1/s1. The van der Waals surface area contributed by atoms with Gasteiger partial charge in [0.1, 0.15) is 0 Å². The molecule has 0 aromatic carbocycles. The van der Waals surface area contributed by atoms with Crippen LogP contribution in [0.5, 0.6) is 0 Å². The van der Waals surface area contributed by atoms with Crippen molar-refractivity contribution in [3.8, 4) is 0 Å². The minimum absolute atomic E-state index is 0.417. The summed E-state index contributed by atoms with van der Waals surface area (Å²) in [4.78, 5) is 2.55. The smallest absolute Gasteiger partial charge is 0.0237 e. The highest BCUT2D eigenvalue weighted by Gasteiger charge is 2.53. The van der Waals surface area contributed by atoms with Crippen molar-refractivity contribution in [3.63, 3.8) is 0 Å². The fraction of sp³-hybridized carbons (Fsp3) is 1.00. The Hall–Kier alpha value is -0.0800. The largest absolute Gasteiger partial charge is 0.326 e. The molecule has 1 aliphatic carbocycles. The van der Waals surface area contributed by atoms with Gasteiger partial charge in [0.15, 0.2) is 0 Å².